The van der Waals surface area contributed by atoms with Crippen LogP contribution < -0.4 is 5.32 Å². The molecule has 27 heavy (non-hydrogen) atoms. The van der Waals surface area contributed by atoms with E-state index in [9.17, 15) is 4.79 Å². The fourth-order valence-electron chi connectivity index (χ4n) is 2.74. The van der Waals surface area contributed by atoms with Crippen molar-refractivity contribution in [2.75, 3.05) is 11.6 Å². The second kappa shape index (κ2) is 7.46. The van der Waals surface area contributed by atoms with Crippen LogP contribution in [0.3, 0.4) is 0 Å². The second-order valence-electron chi connectivity index (χ2n) is 5.65. The first kappa shape index (κ1) is 17.0. The summed E-state index contributed by atoms with van der Waals surface area (Å²) in [7, 11) is 0. The molecule has 0 radical (unpaired) electrons. The van der Waals surface area contributed by atoms with Crippen molar-refractivity contribution in [2.45, 2.75) is 5.16 Å². The molecular weight excluding hydrogens is 360 g/mol. The number of imidazole rings is 1. The molecule has 1 amide bonds. The number of rotatable bonds is 5. The normalized spacial score (nSPS) is 10.7. The van der Waals surface area contributed by atoms with Crippen LogP contribution in [0.25, 0.3) is 11.4 Å². The maximum absolute atomic E-state index is 12.8. The molecule has 4 rings (SSSR count). The molecule has 1 N–H and O–H groups in total. The largest absolute Gasteiger partial charge is 0.320 e. The lowest BCUT2D eigenvalue weighted by Gasteiger charge is -2.12. The highest BCUT2D eigenvalue weighted by Crippen LogP contribution is 2.22. The second-order valence-corrected chi connectivity index (χ2v) is 6.42. The van der Waals surface area contributed by atoms with Crippen molar-refractivity contribution in [3.05, 3.63) is 79.1 Å². The van der Waals surface area contributed by atoms with Gasteiger partial charge in [0.1, 0.15) is 12.7 Å². The highest BCUT2D eigenvalue weighted by molar-refractivity contribution is 7.98. The van der Waals surface area contributed by atoms with Crippen molar-refractivity contribution < 1.29 is 4.79 Å². The predicted octanol–water partition coefficient (Wildman–Crippen LogP) is 3.43. The molecule has 2 heterocycles. The Kier molecular flexibility index (Phi) is 4.71. The molecule has 0 bridgehead atoms. The summed E-state index contributed by atoms with van der Waals surface area (Å²) >= 11 is 1.55. The summed E-state index contributed by atoms with van der Waals surface area (Å²) in [6, 6.07) is 14.9. The fraction of sp³-hybridized carbons (Fsp3) is 0.0526. The van der Waals surface area contributed by atoms with Gasteiger partial charge in [0.25, 0.3) is 5.91 Å². The predicted molar refractivity (Wildman–Crippen MR) is 105 cm³/mol. The van der Waals surface area contributed by atoms with Gasteiger partial charge in [0.2, 0.25) is 0 Å². The van der Waals surface area contributed by atoms with Crippen LogP contribution in [0.5, 0.6) is 0 Å². The summed E-state index contributed by atoms with van der Waals surface area (Å²) < 4.78 is 3.56. The number of para-hydroxylation sites is 2. The molecule has 0 fully saturated rings. The molecule has 0 saturated carbocycles. The van der Waals surface area contributed by atoms with Gasteiger partial charge in [-0.1, -0.05) is 30.0 Å². The first-order valence-corrected chi connectivity index (χ1v) is 9.42. The third-order valence-corrected chi connectivity index (χ3v) is 4.66. The maximum Gasteiger partial charge on any atom is 0.255 e. The van der Waals surface area contributed by atoms with Gasteiger partial charge in [-0.3, -0.25) is 9.36 Å². The summed E-state index contributed by atoms with van der Waals surface area (Å²) in [4.78, 5) is 21.1. The quantitative estimate of drug-likeness (QED) is 0.540. The van der Waals surface area contributed by atoms with E-state index in [4.69, 9.17) is 0 Å². The van der Waals surface area contributed by atoms with Gasteiger partial charge in [-0.15, -0.1) is 0 Å². The number of nitrogens with one attached hydrogen (secondary N) is 1. The first-order chi connectivity index (χ1) is 13.3. The number of carbonyl (C=O) groups is 1. The zero-order chi connectivity index (χ0) is 18.6. The minimum Gasteiger partial charge on any atom is -0.320 e. The van der Waals surface area contributed by atoms with Gasteiger partial charge in [-0.2, -0.15) is 5.10 Å². The minimum absolute atomic E-state index is 0.199. The Morgan fingerprint density at radius 3 is 2.85 bits per heavy atom. The van der Waals surface area contributed by atoms with Crippen LogP contribution in [-0.2, 0) is 0 Å². The number of amides is 1. The van der Waals surface area contributed by atoms with Crippen LogP contribution in [0.2, 0.25) is 0 Å². The van der Waals surface area contributed by atoms with Gasteiger partial charge in [-0.25, -0.2) is 14.6 Å². The van der Waals surface area contributed by atoms with Crippen LogP contribution in [0.1, 0.15) is 10.4 Å². The molecule has 0 aliphatic heterocycles. The van der Waals surface area contributed by atoms with Crippen LogP contribution in [0, 0.1) is 0 Å². The van der Waals surface area contributed by atoms with Gasteiger partial charge in [0, 0.05) is 23.6 Å². The Morgan fingerprint density at radius 1 is 1.15 bits per heavy atom. The zero-order valence-corrected chi connectivity index (χ0v) is 15.3. The number of nitrogens with zero attached hydrogens (tertiary/aromatic N) is 5. The fourth-order valence-corrected chi connectivity index (χ4v) is 3.27. The van der Waals surface area contributed by atoms with E-state index in [1.807, 2.05) is 59.5 Å². The lowest BCUT2D eigenvalue weighted by molar-refractivity contribution is 0.102. The van der Waals surface area contributed by atoms with Gasteiger partial charge < -0.3 is 5.32 Å². The molecule has 2 aromatic carbocycles. The molecule has 0 unspecified atom stereocenters. The number of thioether (sulfide) groups is 1. The van der Waals surface area contributed by atoms with E-state index in [2.05, 4.69) is 20.4 Å². The monoisotopic (exact) mass is 376 g/mol. The smallest absolute Gasteiger partial charge is 0.255 e. The Morgan fingerprint density at radius 2 is 2.04 bits per heavy atom. The molecule has 4 aromatic rings. The summed E-state index contributed by atoms with van der Waals surface area (Å²) in [6.45, 7) is 0. The number of hydrogen-bond donors (Lipinski definition) is 1. The molecule has 134 valence electrons. The number of aromatic nitrogens is 5. The van der Waals surface area contributed by atoms with E-state index in [1.54, 1.807) is 35.0 Å². The first-order valence-electron chi connectivity index (χ1n) is 8.19. The minimum atomic E-state index is -0.199. The van der Waals surface area contributed by atoms with Crippen molar-refractivity contribution in [1.82, 2.24) is 24.3 Å². The molecule has 8 heteroatoms. The summed E-state index contributed by atoms with van der Waals surface area (Å²) in [5.74, 6) is -0.199. The molecule has 0 aliphatic rings. The molecule has 2 aromatic heterocycles. The van der Waals surface area contributed by atoms with Crippen molar-refractivity contribution in [3.63, 3.8) is 0 Å². The Balaban J connectivity index is 1.63. The zero-order valence-electron chi connectivity index (χ0n) is 14.5. The average Bonchev–Trinajstić information content (AvgIpc) is 3.40. The maximum atomic E-state index is 12.8. The van der Waals surface area contributed by atoms with Gasteiger partial charge >= 0.3 is 0 Å². The summed E-state index contributed by atoms with van der Waals surface area (Å²) in [6.07, 6.45) is 8.64. The Labute approximate surface area is 160 Å². The summed E-state index contributed by atoms with van der Waals surface area (Å²) in [5.41, 5.74) is 2.85. The third kappa shape index (κ3) is 3.47. The van der Waals surface area contributed by atoms with E-state index in [-0.39, 0.29) is 5.91 Å². The number of hydrogen-bond acceptors (Lipinski definition) is 5. The third-order valence-electron chi connectivity index (χ3n) is 3.99. The highest BCUT2D eigenvalue weighted by atomic mass is 32.2. The lowest BCUT2D eigenvalue weighted by atomic mass is 10.1. The Bertz CT molecular complexity index is 1070. The van der Waals surface area contributed by atoms with Crippen LogP contribution in [0.4, 0.5) is 5.69 Å². The topological polar surface area (TPSA) is 77.6 Å². The van der Waals surface area contributed by atoms with Crippen molar-refractivity contribution >= 4 is 23.4 Å². The van der Waals surface area contributed by atoms with Crippen LogP contribution in [0.15, 0.2) is 78.7 Å². The van der Waals surface area contributed by atoms with Gasteiger partial charge in [0.15, 0.2) is 5.16 Å². The van der Waals surface area contributed by atoms with E-state index in [1.165, 1.54) is 6.33 Å². The lowest BCUT2D eigenvalue weighted by Crippen LogP contribution is -2.14. The molecular formula is C19H16N6OS. The van der Waals surface area contributed by atoms with Crippen molar-refractivity contribution in [1.29, 1.82) is 0 Å². The molecule has 7 nitrogen and oxygen atoms in total. The van der Waals surface area contributed by atoms with Gasteiger partial charge in [0.05, 0.1) is 11.4 Å². The molecule has 0 spiro atoms. The van der Waals surface area contributed by atoms with Crippen molar-refractivity contribution in [2.24, 2.45) is 0 Å². The number of benzene rings is 2. The number of anilines is 1. The van der Waals surface area contributed by atoms with E-state index in [0.717, 1.165) is 16.5 Å². The number of carbonyl (C=O) groups excluding carboxylic acids is 1. The molecule has 0 aliphatic carbocycles. The standard InChI is InChI=1S/C19H16N6OS/c1-27-19-21-9-10-24(19)15-6-4-5-14(11-15)18(26)23-16-7-2-3-8-17(16)25-13-20-12-22-25/h2-13H,1H3,(H,23,26). The van der Waals surface area contributed by atoms with E-state index < -0.39 is 0 Å². The molecule has 0 atom stereocenters. The van der Waals surface area contributed by atoms with Crippen LogP contribution in [-0.4, -0.2) is 36.5 Å². The average molecular weight is 376 g/mol. The Hall–Kier alpha value is -3.39. The van der Waals surface area contributed by atoms with Crippen LogP contribution >= 0.6 is 11.8 Å². The SMILES string of the molecule is CSc1nccn1-c1cccc(C(=O)Nc2ccccc2-n2cncn2)c1. The van der Waals surface area contributed by atoms with E-state index in [0.29, 0.717) is 11.3 Å². The molecule has 0 saturated heterocycles. The highest BCUT2D eigenvalue weighted by Gasteiger charge is 2.12. The summed E-state index contributed by atoms with van der Waals surface area (Å²) in [5, 5.41) is 7.96. The van der Waals surface area contributed by atoms with E-state index >= 15 is 0 Å². The van der Waals surface area contributed by atoms with Crippen molar-refractivity contribution in [3.8, 4) is 11.4 Å². The van der Waals surface area contributed by atoms with Gasteiger partial charge in [-0.05, 0) is 36.6 Å².